The topological polar surface area (TPSA) is 106 Å². The third-order valence-electron chi connectivity index (χ3n) is 4.45. The second-order valence-corrected chi connectivity index (χ2v) is 5.54. The molecule has 2 fully saturated rings. The number of hydrogen-bond acceptors (Lipinski definition) is 4. The first-order valence-electron chi connectivity index (χ1n) is 6.66. The molecule has 1 saturated carbocycles. The molecule has 1 unspecified atom stereocenters. The average Bonchev–Trinajstić information content (AvgIpc) is 3.01. The first-order chi connectivity index (χ1) is 9.08. The minimum Gasteiger partial charge on any atom is -0.860 e. The third-order valence-corrected chi connectivity index (χ3v) is 4.45. The standard InChI is InChI=1S/C13H18N4O2/c14-7-8-5-13(6-10(18)16-12(13)19)17(11(8)15)9-3-1-2-4-9/h7,9,15H,1-6,14H2,(H,16,18,19)/p-1/b8-7-,15-11?. The number of likely N-dealkylation sites (tertiary alicyclic amines) is 1. The molecule has 19 heavy (non-hydrogen) atoms. The molecule has 1 aliphatic carbocycles. The normalized spacial score (nSPS) is 34.0. The van der Waals surface area contributed by atoms with E-state index in [1.807, 2.05) is 4.90 Å². The first-order valence-corrected chi connectivity index (χ1v) is 6.66. The number of amides is 1. The fourth-order valence-corrected chi connectivity index (χ4v) is 3.59. The Labute approximate surface area is 111 Å². The molecule has 3 aliphatic rings. The van der Waals surface area contributed by atoms with Crippen LogP contribution in [0.15, 0.2) is 16.8 Å². The summed E-state index contributed by atoms with van der Waals surface area (Å²) in [5.74, 6) is -0.474. The number of aliphatic imine (C=N–C) groups is 1. The van der Waals surface area contributed by atoms with Gasteiger partial charge in [-0.3, -0.25) is 10.2 Å². The summed E-state index contributed by atoms with van der Waals surface area (Å²) in [6.07, 6.45) is 5.94. The van der Waals surface area contributed by atoms with Crippen LogP contribution in [0.4, 0.5) is 0 Å². The van der Waals surface area contributed by atoms with Crippen LogP contribution >= 0.6 is 0 Å². The highest BCUT2D eigenvalue weighted by Crippen LogP contribution is 2.44. The maximum Gasteiger partial charge on any atom is 0.247 e. The molecule has 1 spiro atoms. The lowest BCUT2D eigenvalue weighted by molar-refractivity contribution is -0.228. The number of nitrogens with zero attached hydrogens (tertiary/aromatic N) is 2. The molecule has 2 aliphatic heterocycles. The molecule has 0 aromatic heterocycles. The number of amidine groups is 1. The van der Waals surface area contributed by atoms with Crippen LogP contribution in [-0.4, -0.2) is 34.1 Å². The first kappa shape index (κ1) is 12.2. The molecule has 6 heteroatoms. The largest absolute Gasteiger partial charge is 0.860 e. The number of rotatable bonds is 1. The summed E-state index contributed by atoms with van der Waals surface area (Å²) in [6, 6.07) is 0.162. The monoisotopic (exact) mass is 261 g/mol. The van der Waals surface area contributed by atoms with Gasteiger partial charge in [0.1, 0.15) is 5.84 Å². The van der Waals surface area contributed by atoms with E-state index in [9.17, 15) is 9.90 Å². The van der Waals surface area contributed by atoms with Gasteiger partial charge in [-0.1, -0.05) is 12.8 Å². The summed E-state index contributed by atoms with van der Waals surface area (Å²) in [6.45, 7) is 0. The van der Waals surface area contributed by atoms with Crippen LogP contribution in [0.1, 0.15) is 38.5 Å². The van der Waals surface area contributed by atoms with Crippen LogP contribution in [0.25, 0.3) is 0 Å². The zero-order valence-corrected chi connectivity index (χ0v) is 10.7. The number of carbonyl (C=O) groups excluding carboxylic acids is 1. The van der Waals surface area contributed by atoms with Crippen molar-refractivity contribution in [3.63, 3.8) is 0 Å². The SMILES string of the molecule is N=C1/C(=C\N)CC2(CC(=O)N=C2[O-])N1C1CCCC1. The van der Waals surface area contributed by atoms with Gasteiger partial charge in [-0.2, -0.15) is 0 Å². The lowest BCUT2D eigenvalue weighted by Crippen LogP contribution is -2.57. The van der Waals surface area contributed by atoms with Gasteiger partial charge in [0.25, 0.3) is 0 Å². The molecule has 0 aromatic rings. The Morgan fingerprint density at radius 1 is 1.42 bits per heavy atom. The number of nitrogens with two attached hydrogens (primary N) is 1. The van der Waals surface area contributed by atoms with Crippen LogP contribution < -0.4 is 10.8 Å². The Kier molecular flexibility index (Phi) is 2.62. The van der Waals surface area contributed by atoms with Crippen molar-refractivity contribution in [2.75, 3.05) is 0 Å². The van der Waals surface area contributed by atoms with Crippen LogP contribution in [0.2, 0.25) is 0 Å². The van der Waals surface area contributed by atoms with Gasteiger partial charge in [0.05, 0.1) is 12.0 Å². The fraction of sp³-hybridized carbons (Fsp3) is 0.615. The van der Waals surface area contributed by atoms with Crippen molar-refractivity contribution in [2.24, 2.45) is 10.7 Å². The fourth-order valence-electron chi connectivity index (χ4n) is 3.59. The molecule has 0 aromatic carbocycles. The Hall–Kier alpha value is -1.85. The van der Waals surface area contributed by atoms with E-state index >= 15 is 0 Å². The summed E-state index contributed by atoms with van der Waals surface area (Å²) in [7, 11) is 0. The number of nitrogens with one attached hydrogen (secondary N) is 1. The van der Waals surface area contributed by atoms with E-state index in [2.05, 4.69) is 4.99 Å². The molecular weight excluding hydrogens is 244 g/mol. The van der Waals surface area contributed by atoms with Gasteiger partial charge in [0.2, 0.25) is 5.91 Å². The van der Waals surface area contributed by atoms with Gasteiger partial charge >= 0.3 is 0 Å². The smallest absolute Gasteiger partial charge is 0.247 e. The lowest BCUT2D eigenvalue weighted by Gasteiger charge is -2.42. The van der Waals surface area contributed by atoms with E-state index in [0.29, 0.717) is 17.8 Å². The van der Waals surface area contributed by atoms with Crippen LogP contribution in [0.5, 0.6) is 0 Å². The lowest BCUT2D eigenvalue weighted by atomic mass is 9.91. The Bertz CT molecular complexity index is 505. The molecule has 3 rings (SSSR count). The highest BCUT2D eigenvalue weighted by atomic mass is 16.3. The van der Waals surface area contributed by atoms with E-state index in [4.69, 9.17) is 11.1 Å². The van der Waals surface area contributed by atoms with Gasteiger partial charge < -0.3 is 15.7 Å². The van der Waals surface area contributed by atoms with E-state index in [-0.39, 0.29) is 18.4 Å². The molecular formula is C13H17N4O2-. The summed E-state index contributed by atoms with van der Waals surface area (Å²) in [5.41, 5.74) is 5.25. The summed E-state index contributed by atoms with van der Waals surface area (Å²) in [4.78, 5) is 16.9. The minimum absolute atomic E-state index is 0.0854. The maximum atomic E-state index is 12.2. The predicted octanol–water partition coefficient (Wildman–Crippen LogP) is -0.118. The second kappa shape index (κ2) is 4.08. The van der Waals surface area contributed by atoms with Gasteiger partial charge in [-0.05, 0) is 18.7 Å². The van der Waals surface area contributed by atoms with Gasteiger partial charge in [0, 0.05) is 24.2 Å². The predicted molar refractivity (Wildman–Crippen MR) is 68.5 cm³/mol. The highest BCUT2D eigenvalue weighted by molar-refractivity contribution is 6.11. The zero-order chi connectivity index (χ0) is 13.6. The van der Waals surface area contributed by atoms with Crippen LogP contribution in [-0.2, 0) is 4.79 Å². The number of carbonyl (C=O) groups is 1. The molecule has 1 amide bonds. The van der Waals surface area contributed by atoms with Crippen molar-refractivity contribution < 1.29 is 9.90 Å². The Balaban J connectivity index is 2.04. The van der Waals surface area contributed by atoms with Gasteiger partial charge in [-0.25, -0.2) is 4.99 Å². The average molecular weight is 261 g/mol. The molecule has 3 N–H and O–H groups in total. The van der Waals surface area contributed by atoms with Crippen molar-refractivity contribution >= 4 is 17.6 Å². The van der Waals surface area contributed by atoms with Gasteiger partial charge in [-0.15, -0.1) is 0 Å². The van der Waals surface area contributed by atoms with E-state index < -0.39 is 11.4 Å². The van der Waals surface area contributed by atoms with Crippen molar-refractivity contribution in [3.8, 4) is 0 Å². The molecule has 1 saturated heterocycles. The Morgan fingerprint density at radius 2 is 2.11 bits per heavy atom. The van der Waals surface area contributed by atoms with Crippen molar-refractivity contribution in [2.45, 2.75) is 50.1 Å². The van der Waals surface area contributed by atoms with E-state index in [1.165, 1.54) is 6.20 Å². The third kappa shape index (κ3) is 1.59. The highest BCUT2D eigenvalue weighted by Gasteiger charge is 2.53. The molecule has 2 heterocycles. The quantitative estimate of drug-likeness (QED) is 0.686. The summed E-state index contributed by atoms with van der Waals surface area (Å²) >= 11 is 0. The summed E-state index contributed by atoms with van der Waals surface area (Å²) in [5, 5.41) is 20.4. The molecule has 0 radical (unpaired) electrons. The number of hydrogen-bond donors (Lipinski definition) is 2. The van der Waals surface area contributed by atoms with Crippen molar-refractivity contribution in [1.29, 1.82) is 5.41 Å². The van der Waals surface area contributed by atoms with Crippen molar-refractivity contribution in [1.82, 2.24) is 4.90 Å². The molecule has 1 atom stereocenters. The molecule has 6 nitrogen and oxygen atoms in total. The van der Waals surface area contributed by atoms with Crippen molar-refractivity contribution in [3.05, 3.63) is 11.8 Å². The van der Waals surface area contributed by atoms with E-state index in [0.717, 1.165) is 25.7 Å². The minimum atomic E-state index is -0.950. The maximum absolute atomic E-state index is 12.2. The zero-order valence-electron chi connectivity index (χ0n) is 10.7. The van der Waals surface area contributed by atoms with Crippen LogP contribution in [0, 0.1) is 5.41 Å². The summed E-state index contributed by atoms with van der Waals surface area (Å²) < 4.78 is 0. The van der Waals surface area contributed by atoms with Gasteiger partial charge in [0.15, 0.2) is 0 Å². The van der Waals surface area contributed by atoms with E-state index in [1.54, 1.807) is 0 Å². The molecule has 0 bridgehead atoms. The second-order valence-electron chi connectivity index (χ2n) is 5.54. The Morgan fingerprint density at radius 3 is 2.63 bits per heavy atom. The van der Waals surface area contributed by atoms with Crippen LogP contribution in [0.3, 0.4) is 0 Å². The molecule has 102 valence electrons.